The maximum absolute atomic E-state index is 12.4. The summed E-state index contributed by atoms with van der Waals surface area (Å²) in [6, 6.07) is 6.02. The van der Waals surface area contributed by atoms with Gasteiger partial charge in [-0.05, 0) is 56.5 Å². The highest BCUT2D eigenvalue weighted by Crippen LogP contribution is 2.23. The van der Waals surface area contributed by atoms with Gasteiger partial charge in [-0.25, -0.2) is 0 Å². The lowest BCUT2D eigenvalue weighted by atomic mass is 9.95. The predicted molar refractivity (Wildman–Crippen MR) is 94.6 cm³/mol. The summed E-state index contributed by atoms with van der Waals surface area (Å²) in [4.78, 5) is 25.5. The molecule has 3 N–H and O–H groups in total. The summed E-state index contributed by atoms with van der Waals surface area (Å²) < 4.78 is 0. The first-order chi connectivity index (χ1) is 11.7. The van der Waals surface area contributed by atoms with E-state index in [1.54, 1.807) is 6.07 Å². The molecule has 0 unspecified atom stereocenters. The van der Waals surface area contributed by atoms with Gasteiger partial charge in [-0.1, -0.05) is 18.9 Å². The molecule has 0 radical (unpaired) electrons. The molecule has 1 saturated carbocycles. The summed E-state index contributed by atoms with van der Waals surface area (Å²) in [5.41, 5.74) is 8.07. The van der Waals surface area contributed by atoms with Gasteiger partial charge in [0.25, 0.3) is 0 Å². The van der Waals surface area contributed by atoms with Crippen LogP contribution in [0.5, 0.6) is 0 Å². The zero-order valence-electron chi connectivity index (χ0n) is 14.2. The lowest BCUT2D eigenvalue weighted by Crippen LogP contribution is -2.43. The fourth-order valence-electron chi connectivity index (χ4n) is 3.83. The van der Waals surface area contributed by atoms with Crippen molar-refractivity contribution in [1.82, 2.24) is 10.2 Å². The van der Waals surface area contributed by atoms with Gasteiger partial charge >= 0.3 is 0 Å². The van der Waals surface area contributed by atoms with E-state index < -0.39 is 0 Å². The summed E-state index contributed by atoms with van der Waals surface area (Å²) in [7, 11) is 0. The Morgan fingerprint density at radius 1 is 1.21 bits per heavy atom. The zero-order valence-corrected chi connectivity index (χ0v) is 14.2. The van der Waals surface area contributed by atoms with E-state index in [0.717, 1.165) is 57.2 Å². The number of nitrogens with two attached hydrogens (primary N) is 1. The van der Waals surface area contributed by atoms with Crippen LogP contribution in [-0.4, -0.2) is 36.2 Å². The van der Waals surface area contributed by atoms with Crippen LogP contribution in [-0.2, 0) is 11.3 Å². The molecule has 2 fully saturated rings. The van der Waals surface area contributed by atoms with Gasteiger partial charge in [0.2, 0.25) is 5.91 Å². The van der Waals surface area contributed by atoms with E-state index in [1.807, 2.05) is 12.1 Å². The van der Waals surface area contributed by atoms with Crippen molar-refractivity contribution in [3.8, 4) is 0 Å². The minimum Gasteiger partial charge on any atom is -0.398 e. The van der Waals surface area contributed by atoms with Crippen LogP contribution in [0.25, 0.3) is 0 Å². The highest BCUT2D eigenvalue weighted by molar-refractivity contribution is 5.83. The number of benzene rings is 1. The van der Waals surface area contributed by atoms with E-state index >= 15 is 0 Å². The van der Waals surface area contributed by atoms with Crippen LogP contribution in [0.3, 0.4) is 0 Å². The average Bonchev–Trinajstić information content (AvgIpc) is 3.08. The van der Waals surface area contributed by atoms with E-state index in [-0.39, 0.29) is 11.8 Å². The molecule has 5 heteroatoms. The maximum Gasteiger partial charge on any atom is 0.223 e. The van der Waals surface area contributed by atoms with Crippen molar-refractivity contribution in [1.29, 1.82) is 0 Å². The zero-order chi connectivity index (χ0) is 16.9. The molecule has 2 aliphatic rings. The average molecular weight is 329 g/mol. The van der Waals surface area contributed by atoms with E-state index in [9.17, 15) is 9.59 Å². The molecule has 1 aromatic carbocycles. The van der Waals surface area contributed by atoms with Gasteiger partial charge in [0, 0.05) is 29.8 Å². The quantitative estimate of drug-likeness (QED) is 0.642. The number of nitrogen functional groups attached to an aromatic ring is 1. The Kier molecular flexibility index (Phi) is 5.51. The summed E-state index contributed by atoms with van der Waals surface area (Å²) in [5, 5.41) is 3.23. The van der Waals surface area contributed by atoms with Gasteiger partial charge in [0.1, 0.15) is 0 Å². The Balaban J connectivity index is 1.47. The number of amides is 1. The standard InChI is InChI=1S/C19H27N3O2/c20-18-11-14(5-6-16(18)13-23)12-22-9-7-15(8-10-22)19(24)21-17-3-1-2-4-17/h5-6,11,13,15,17H,1-4,7-10,12,20H2,(H,21,24). The van der Waals surface area contributed by atoms with Crippen LogP contribution in [0.2, 0.25) is 0 Å². The molecule has 1 aliphatic heterocycles. The fraction of sp³-hybridized carbons (Fsp3) is 0.579. The van der Waals surface area contributed by atoms with Crippen molar-refractivity contribution in [2.45, 2.75) is 51.1 Å². The predicted octanol–water partition coefficient (Wildman–Crippen LogP) is 2.35. The first-order valence-electron chi connectivity index (χ1n) is 9.02. The summed E-state index contributed by atoms with van der Waals surface area (Å²) in [6.45, 7) is 2.68. The van der Waals surface area contributed by atoms with Crippen molar-refractivity contribution in [3.63, 3.8) is 0 Å². The van der Waals surface area contributed by atoms with E-state index in [4.69, 9.17) is 5.73 Å². The molecule has 5 nitrogen and oxygen atoms in total. The normalized spacial score (nSPS) is 20.2. The van der Waals surface area contributed by atoms with Gasteiger partial charge in [-0.3, -0.25) is 14.5 Å². The van der Waals surface area contributed by atoms with E-state index in [0.29, 0.717) is 17.3 Å². The molecule has 0 atom stereocenters. The van der Waals surface area contributed by atoms with Crippen LogP contribution >= 0.6 is 0 Å². The Hall–Kier alpha value is -1.88. The molecule has 0 spiro atoms. The van der Waals surface area contributed by atoms with Crippen LogP contribution in [0.15, 0.2) is 18.2 Å². The van der Waals surface area contributed by atoms with Gasteiger partial charge in [0.05, 0.1) is 0 Å². The lowest BCUT2D eigenvalue weighted by Gasteiger charge is -2.32. The smallest absolute Gasteiger partial charge is 0.223 e. The molecule has 130 valence electrons. The largest absolute Gasteiger partial charge is 0.398 e. The molecular formula is C19H27N3O2. The number of nitrogens with zero attached hydrogens (tertiary/aromatic N) is 1. The van der Waals surface area contributed by atoms with Crippen LogP contribution in [0.4, 0.5) is 5.69 Å². The van der Waals surface area contributed by atoms with E-state index in [2.05, 4.69) is 10.2 Å². The third-order valence-electron chi connectivity index (χ3n) is 5.34. The third kappa shape index (κ3) is 4.15. The lowest BCUT2D eigenvalue weighted by molar-refractivity contribution is -0.127. The Bertz CT molecular complexity index is 588. The van der Waals surface area contributed by atoms with Crippen molar-refractivity contribution in [2.24, 2.45) is 5.92 Å². The molecule has 0 aromatic heterocycles. The monoisotopic (exact) mass is 329 g/mol. The molecule has 3 rings (SSSR count). The number of piperidine rings is 1. The Morgan fingerprint density at radius 2 is 1.92 bits per heavy atom. The van der Waals surface area contributed by atoms with Crippen molar-refractivity contribution in [2.75, 3.05) is 18.8 Å². The number of rotatable bonds is 5. The summed E-state index contributed by atoms with van der Waals surface area (Å²) in [5.74, 6) is 0.408. The number of hydrogen-bond donors (Lipinski definition) is 2. The van der Waals surface area contributed by atoms with Crippen molar-refractivity contribution < 1.29 is 9.59 Å². The van der Waals surface area contributed by atoms with Crippen molar-refractivity contribution >= 4 is 17.9 Å². The molecular weight excluding hydrogens is 302 g/mol. The number of carbonyl (C=O) groups excluding carboxylic acids is 2. The third-order valence-corrected chi connectivity index (χ3v) is 5.34. The minimum atomic E-state index is 0.157. The Labute approximate surface area is 143 Å². The number of anilines is 1. The van der Waals surface area contributed by atoms with Crippen LogP contribution in [0, 0.1) is 5.92 Å². The van der Waals surface area contributed by atoms with Gasteiger partial charge in [-0.15, -0.1) is 0 Å². The number of aldehydes is 1. The van der Waals surface area contributed by atoms with Gasteiger partial charge < -0.3 is 11.1 Å². The van der Waals surface area contributed by atoms with Crippen LogP contribution < -0.4 is 11.1 Å². The maximum atomic E-state index is 12.4. The second-order valence-corrected chi connectivity index (χ2v) is 7.12. The molecule has 1 amide bonds. The minimum absolute atomic E-state index is 0.157. The highest BCUT2D eigenvalue weighted by Gasteiger charge is 2.27. The van der Waals surface area contributed by atoms with Gasteiger partial charge in [0.15, 0.2) is 6.29 Å². The van der Waals surface area contributed by atoms with Crippen molar-refractivity contribution in [3.05, 3.63) is 29.3 Å². The molecule has 1 heterocycles. The number of hydrogen-bond acceptors (Lipinski definition) is 4. The number of carbonyl (C=O) groups is 2. The molecule has 0 bridgehead atoms. The first-order valence-corrected chi connectivity index (χ1v) is 9.02. The fourth-order valence-corrected chi connectivity index (χ4v) is 3.83. The first kappa shape index (κ1) is 17.0. The SMILES string of the molecule is Nc1cc(CN2CCC(C(=O)NC3CCCC3)CC2)ccc1C=O. The second kappa shape index (κ2) is 7.79. The molecule has 24 heavy (non-hydrogen) atoms. The molecule has 1 aliphatic carbocycles. The highest BCUT2D eigenvalue weighted by atomic mass is 16.2. The van der Waals surface area contributed by atoms with Crippen LogP contribution in [0.1, 0.15) is 54.4 Å². The Morgan fingerprint density at radius 3 is 2.54 bits per heavy atom. The topological polar surface area (TPSA) is 75.4 Å². The number of nitrogens with one attached hydrogen (secondary N) is 1. The van der Waals surface area contributed by atoms with Gasteiger partial charge in [-0.2, -0.15) is 0 Å². The molecule has 1 aromatic rings. The summed E-state index contributed by atoms with van der Waals surface area (Å²) in [6.07, 6.45) is 7.39. The second-order valence-electron chi connectivity index (χ2n) is 7.12. The summed E-state index contributed by atoms with van der Waals surface area (Å²) >= 11 is 0. The number of likely N-dealkylation sites (tertiary alicyclic amines) is 1. The van der Waals surface area contributed by atoms with E-state index in [1.165, 1.54) is 12.8 Å². The molecule has 1 saturated heterocycles.